The number of nitrogens with zero attached hydrogens (tertiary/aromatic N) is 1. The number of hydrogen-bond donors (Lipinski definition) is 3. The van der Waals surface area contributed by atoms with E-state index in [-0.39, 0.29) is 31.1 Å². The summed E-state index contributed by atoms with van der Waals surface area (Å²) in [6.45, 7) is 1.53. The standard InChI is InChI=1S/C34H42N2O6/c1-36(22-25-10-5-4-6-11-25)23-30-21-31(27-18-16-26(24-37)17-19-27)42-34(41-30)28-12-9-13-29(20-28)35-32(38)14-7-2-3-8-15-33(39)40/h4-6,9-13,16-20,30-31,34,37H,2-3,7-8,14-15,21-24H2,1H3,(H,35,38)(H,39,40)/t30-,31+,34+/m1/s1. The van der Waals surface area contributed by atoms with Crippen LogP contribution in [0.15, 0.2) is 78.9 Å². The van der Waals surface area contributed by atoms with E-state index in [2.05, 4.69) is 29.4 Å². The van der Waals surface area contributed by atoms with Crippen LogP contribution >= 0.6 is 0 Å². The molecule has 1 fully saturated rings. The summed E-state index contributed by atoms with van der Waals surface area (Å²) in [5.74, 6) is -0.854. The van der Waals surface area contributed by atoms with Crippen LogP contribution in [-0.4, -0.2) is 46.7 Å². The molecule has 0 unspecified atom stereocenters. The van der Waals surface area contributed by atoms with Crippen molar-refractivity contribution in [3.05, 3.63) is 101 Å². The van der Waals surface area contributed by atoms with Gasteiger partial charge in [-0.1, -0.05) is 79.6 Å². The number of aliphatic hydroxyl groups excluding tert-OH is 1. The zero-order chi connectivity index (χ0) is 29.7. The number of carboxylic acid groups (broad SMARTS) is 1. The normalized spacial score (nSPS) is 18.6. The number of amides is 1. The predicted octanol–water partition coefficient (Wildman–Crippen LogP) is 6.22. The second-order valence-electron chi connectivity index (χ2n) is 11.0. The zero-order valence-electron chi connectivity index (χ0n) is 24.3. The SMILES string of the molecule is CN(Cc1ccccc1)C[C@H]1C[C@@H](c2ccc(CO)cc2)O[C@@H](c2cccc(NC(=O)CCCCCCC(=O)O)c2)O1. The van der Waals surface area contributed by atoms with Gasteiger partial charge in [0.15, 0.2) is 6.29 Å². The second kappa shape index (κ2) is 16.2. The van der Waals surface area contributed by atoms with Crippen molar-refractivity contribution in [1.82, 2.24) is 4.90 Å². The van der Waals surface area contributed by atoms with Gasteiger partial charge in [-0.15, -0.1) is 0 Å². The molecule has 42 heavy (non-hydrogen) atoms. The molecule has 1 heterocycles. The number of carbonyl (C=O) groups excluding carboxylic acids is 1. The Labute approximate surface area is 248 Å². The lowest BCUT2D eigenvalue weighted by Gasteiger charge is -2.38. The quantitative estimate of drug-likeness (QED) is 0.185. The van der Waals surface area contributed by atoms with E-state index < -0.39 is 12.3 Å². The molecule has 0 radical (unpaired) electrons. The van der Waals surface area contributed by atoms with Gasteiger partial charge in [-0.05, 0) is 48.7 Å². The third kappa shape index (κ3) is 10.1. The highest BCUT2D eigenvalue weighted by Crippen LogP contribution is 2.38. The number of carbonyl (C=O) groups is 2. The molecule has 0 saturated carbocycles. The fourth-order valence-electron chi connectivity index (χ4n) is 5.24. The first kappa shape index (κ1) is 31.4. The van der Waals surface area contributed by atoms with Gasteiger partial charge in [0.25, 0.3) is 0 Å². The van der Waals surface area contributed by atoms with Gasteiger partial charge in [0.2, 0.25) is 5.91 Å². The lowest BCUT2D eigenvalue weighted by atomic mass is 9.99. The first-order valence-electron chi connectivity index (χ1n) is 14.7. The molecule has 1 amide bonds. The van der Waals surface area contributed by atoms with E-state index in [1.807, 2.05) is 66.7 Å². The number of hydrogen-bond acceptors (Lipinski definition) is 6. The number of rotatable bonds is 15. The van der Waals surface area contributed by atoms with Gasteiger partial charge in [0.05, 0.1) is 18.8 Å². The molecular formula is C34H42N2O6. The average Bonchev–Trinajstić information content (AvgIpc) is 2.99. The highest BCUT2D eigenvalue weighted by Gasteiger charge is 2.33. The van der Waals surface area contributed by atoms with E-state index in [9.17, 15) is 14.7 Å². The molecule has 0 aliphatic carbocycles. The molecule has 3 N–H and O–H groups in total. The monoisotopic (exact) mass is 574 g/mol. The second-order valence-corrected chi connectivity index (χ2v) is 11.0. The summed E-state index contributed by atoms with van der Waals surface area (Å²) in [4.78, 5) is 25.5. The van der Waals surface area contributed by atoms with Crippen molar-refractivity contribution in [2.24, 2.45) is 0 Å². The lowest BCUT2D eigenvalue weighted by molar-refractivity contribution is -0.252. The first-order valence-corrected chi connectivity index (χ1v) is 14.7. The summed E-state index contributed by atoms with van der Waals surface area (Å²) < 4.78 is 13.0. The van der Waals surface area contributed by atoms with Crippen LogP contribution < -0.4 is 5.32 Å². The van der Waals surface area contributed by atoms with Gasteiger partial charge in [-0.25, -0.2) is 0 Å². The van der Waals surface area contributed by atoms with Crippen molar-refractivity contribution in [2.75, 3.05) is 18.9 Å². The van der Waals surface area contributed by atoms with Gasteiger partial charge in [-0.2, -0.15) is 0 Å². The van der Waals surface area contributed by atoms with Crippen molar-refractivity contribution in [1.29, 1.82) is 0 Å². The maximum atomic E-state index is 12.6. The van der Waals surface area contributed by atoms with Crippen molar-refractivity contribution in [3.63, 3.8) is 0 Å². The van der Waals surface area contributed by atoms with Crippen LogP contribution in [0.25, 0.3) is 0 Å². The fraction of sp³-hybridized carbons (Fsp3) is 0.412. The predicted molar refractivity (Wildman–Crippen MR) is 162 cm³/mol. The summed E-state index contributed by atoms with van der Waals surface area (Å²) in [5.41, 5.74) is 4.63. The topological polar surface area (TPSA) is 108 Å². The molecule has 3 atom stereocenters. The number of unbranched alkanes of at least 4 members (excludes halogenated alkanes) is 3. The largest absolute Gasteiger partial charge is 0.481 e. The first-order chi connectivity index (χ1) is 20.4. The molecule has 3 aromatic carbocycles. The fourth-order valence-corrected chi connectivity index (χ4v) is 5.24. The van der Waals surface area contributed by atoms with Gasteiger partial charge in [0, 0.05) is 43.6 Å². The Morgan fingerprint density at radius 2 is 1.60 bits per heavy atom. The molecule has 8 nitrogen and oxygen atoms in total. The Kier molecular flexibility index (Phi) is 12.1. The molecule has 1 aliphatic heterocycles. The van der Waals surface area contributed by atoms with E-state index in [1.165, 1.54) is 5.56 Å². The minimum atomic E-state index is -0.782. The molecule has 1 aliphatic rings. The van der Waals surface area contributed by atoms with Crippen molar-refractivity contribution < 1.29 is 29.3 Å². The van der Waals surface area contributed by atoms with Crippen LogP contribution in [0.5, 0.6) is 0 Å². The number of nitrogens with one attached hydrogen (secondary N) is 1. The number of likely N-dealkylation sites (N-methyl/N-ethyl adjacent to an activating group) is 1. The number of aliphatic carboxylic acids is 1. The van der Waals surface area contributed by atoms with Crippen molar-refractivity contribution in [3.8, 4) is 0 Å². The minimum absolute atomic E-state index is 0.00627. The maximum Gasteiger partial charge on any atom is 0.303 e. The van der Waals surface area contributed by atoms with Gasteiger partial charge in [-0.3, -0.25) is 14.5 Å². The summed E-state index contributed by atoms with van der Waals surface area (Å²) in [6.07, 6.45) is 3.34. The van der Waals surface area contributed by atoms with Gasteiger partial charge in [0.1, 0.15) is 0 Å². The Morgan fingerprint density at radius 3 is 2.31 bits per heavy atom. The molecular weight excluding hydrogens is 532 g/mol. The molecule has 3 aromatic rings. The Morgan fingerprint density at radius 1 is 0.857 bits per heavy atom. The van der Waals surface area contributed by atoms with Crippen LogP contribution in [0.2, 0.25) is 0 Å². The van der Waals surface area contributed by atoms with Crippen LogP contribution in [0.1, 0.15) is 79.6 Å². The number of anilines is 1. The van der Waals surface area contributed by atoms with Crippen LogP contribution in [0, 0.1) is 0 Å². The minimum Gasteiger partial charge on any atom is -0.481 e. The summed E-state index contributed by atoms with van der Waals surface area (Å²) in [6, 6.07) is 25.8. The number of carboxylic acids is 1. The van der Waals surface area contributed by atoms with E-state index in [1.54, 1.807) is 0 Å². The van der Waals surface area contributed by atoms with Gasteiger partial charge < -0.3 is 25.0 Å². The highest BCUT2D eigenvalue weighted by molar-refractivity contribution is 5.90. The smallest absolute Gasteiger partial charge is 0.303 e. The maximum absolute atomic E-state index is 12.6. The van der Waals surface area contributed by atoms with E-state index >= 15 is 0 Å². The summed E-state index contributed by atoms with van der Waals surface area (Å²) in [7, 11) is 2.09. The molecule has 0 spiro atoms. The average molecular weight is 575 g/mol. The third-order valence-electron chi connectivity index (χ3n) is 7.41. The van der Waals surface area contributed by atoms with Gasteiger partial charge >= 0.3 is 5.97 Å². The van der Waals surface area contributed by atoms with Crippen molar-refractivity contribution >= 4 is 17.6 Å². The Bertz CT molecular complexity index is 1270. The van der Waals surface area contributed by atoms with E-state index in [4.69, 9.17) is 14.6 Å². The molecule has 0 aromatic heterocycles. The number of aliphatic hydroxyl groups is 1. The summed E-state index contributed by atoms with van der Waals surface area (Å²) >= 11 is 0. The van der Waals surface area contributed by atoms with Crippen LogP contribution in [-0.2, 0) is 32.2 Å². The van der Waals surface area contributed by atoms with E-state index in [0.717, 1.165) is 49.0 Å². The van der Waals surface area contributed by atoms with Crippen LogP contribution in [0.3, 0.4) is 0 Å². The molecule has 224 valence electrons. The zero-order valence-corrected chi connectivity index (χ0v) is 24.3. The molecule has 8 heteroatoms. The molecule has 1 saturated heterocycles. The molecule has 0 bridgehead atoms. The van der Waals surface area contributed by atoms with Crippen molar-refractivity contribution in [2.45, 2.75) is 76.6 Å². The highest BCUT2D eigenvalue weighted by atomic mass is 16.7. The Hall–Kier alpha value is -3.56. The number of ether oxygens (including phenoxy) is 2. The lowest BCUT2D eigenvalue weighted by Crippen LogP contribution is -2.37. The molecule has 4 rings (SSSR count). The summed E-state index contributed by atoms with van der Waals surface area (Å²) in [5, 5.41) is 21.2. The Balaban J connectivity index is 1.40. The van der Waals surface area contributed by atoms with E-state index in [0.29, 0.717) is 24.9 Å². The van der Waals surface area contributed by atoms with Crippen LogP contribution in [0.4, 0.5) is 5.69 Å². The third-order valence-corrected chi connectivity index (χ3v) is 7.41. The number of benzene rings is 3.